The molecule has 3 rings (SSSR count). The highest BCUT2D eigenvalue weighted by atomic mass is 127. The predicted molar refractivity (Wildman–Crippen MR) is 130 cm³/mol. The number of hydrogen-bond acceptors (Lipinski definition) is 5. The summed E-state index contributed by atoms with van der Waals surface area (Å²) in [6.45, 7) is 2.18. The Morgan fingerprint density at radius 3 is 2.76 bits per heavy atom. The highest BCUT2D eigenvalue weighted by Crippen LogP contribution is 2.33. The van der Waals surface area contributed by atoms with Crippen molar-refractivity contribution in [3.63, 3.8) is 0 Å². The molecule has 1 aliphatic heterocycles. The van der Waals surface area contributed by atoms with Gasteiger partial charge in [-0.05, 0) is 40.6 Å². The van der Waals surface area contributed by atoms with E-state index in [0.29, 0.717) is 42.3 Å². The minimum atomic E-state index is -4.47. The van der Waals surface area contributed by atoms with Crippen LogP contribution >= 0.6 is 40.0 Å². The van der Waals surface area contributed by atoms with Gasteiger partial charge in [0.1, 0.15) is 0 Å². The van der Waals surface area contributed by atoms with Gasteiger partial charge in [-0.3, -0.25) is 9.48 Å². The van der Waals surface area contributed by atoms with E-state index in [1.54, 1.807) is 17.7 Å². The number of alkyl halides is 3. The normalized spacial score (nSPS) is 15.3. The second-order valence-electron chi connectivity index (χ2n) is 7.21. The fourth-order valence-electron chi connectivity index (χ4n) is 3.70. The van der Waals surface area contributed by atoms with Crippen molar-refractivity contribution in [2.24, 2.45) is 5.10 Å². The van der Waals surface area contributed by atoms with Crippen LogP contribution in [0.1, 0.15) is 35.0 Å². The van der Waals surface area contributed by atoms with Gasteiger partial charge in [0.2, 0.25) is 6.41 Å². The third-order valence-electron chi connectivity index (χ3n) is 5.19. The van der Waals surface area contributed by atoms with Crippen molar-refractivity contribution in [3.05, 3.63) is 63.1 Å². The lowest BCUT2D eigenvalue weighted by Crippen LogP contribution is -2.32. The molecule has 0 spiro atoms. The molecule has 1 N–H and O–H groups in total. The van der Waals surface area contributed by atoms with Gasteiger partial charge in [0.25, 0.3) is 0 Å². The summed E-state index contributed by atoms with van der Waals surface area (Å²) in [7, 11) is 0. The first-order chi connectivity index (χ1) is 15.7. The number of benzene rings is 1. The van der Waals surface area contributed by atoms with Crippen LogP contribution in [-0.4, -0.2) is 43.7 Å². The molecular formula is C20H21ClF3IN5O2P. The van der Waals surface area contributed by atoms with E-state index in [1.165, 1.54) is 23.1 Å². The highest BCUT2D eigenvalue weighted by molar-refractivity contribution is 14.2. The number of allylic oxidation sites excluding steroid dienone is 2. The van der Waals surface area contributed by atoms with E-state index < -0.39 is 11.7 Å². The van der Waals surface area contributed by atoms with Crippen molar-refractivity contribution >= 4 is 52.6 Å². The first kappa shape index (κ1) is 25.9. The average Bonchev–Trinajstić information content (AvgIpc) is 3.13. The Balaban J connectivity index is 1.91. The van der Waals surface area contributed by atoms with Crippen molar-refractivity contribution in [3.8, 4) is 0 Å². The molecule has 13 heteroatoms. The van der Waals surface area contributed by atoms with Gasteiger partial charge in [-0.1, -0.05) is 29.8 Å². The number of halogens is 5. The van der Waals surface area contributed by atoms with E-state index in [4.69, 9.17) is 11.6 Å². The summed E-state index contributed by atoms with van der Waals surface area (Å²) in [6, 6.07) is 5.41. The lowest BCUT2D eigenvalue weighted by molar-refractivity contribution is -0.138. The Labute approximate surface area is 208 Å². The van der Waals surface area contributed by atoms with Crippen LogP contribution in [0.4, 0.5) is 13.2 Å². The Bertz CT molecular complexity index is 1070. The van der Waals surface area contributed by atoms with E-state index >= 15 is 0 Å². The molecule has 0 radical (unpaired) electrons. The molecule has 0 saturated carbocycles. The quantitative estimate of drug-likeness (QED) is 0.155. The Hall–Kier alpha value is -1.69. The van der Waals surface area contributed by atoms with Gasteiger partial charge in [0.15, 0.2) is 0 Å². The van der Waals surface area contributed by atoms with Gasteiger partial charge >= 0.3 is 6.18 Å². The van der Waals surface area contributed by atoms with Crippen LogP contribution in [0.15, 0.2) is 40.1 Å². The van der Waals surface area contributed by atoms with Crippen LogP contribution < -0.4 is 0 Å². The van der Waals surface area contributed by atoms with Crippen LogP contribution in [0, 0.1) is 0 Å². The molecule has 0 bridgehead atoms. The first-order valence-corrected chi connectivity index (χ1v) is 14.2. The number of amides is 1. The molecule has 0 saturated heterocycles. The van der Waals surface area contributed by atoms with Crippen molar-refractivity contribution in [2.45, 2.75) is 39.2 Å². The summed E-state index contributed by atoms with van der Waals surface area (Å²) >= 11 is 8.32. The number of carbonyl (C=O) groups excluding carboxylic acids is 1. The monoisotopic (exact) mass is 613 g/mol. The van der Waals surface area contributed by atoms with Crippen molar-refractivity contribution in [1.82, 2.24) is 19.5 Å². The van der Waals surface area contributed by atoms with Crippen molar-refractivity contribution in [2.75, 3.05) is 6.54 Å². The molecule has 0 fully saturated rings. The number of carbonyl (C=O) groups is 1. The predicted octanol–water partition coefficient (Wildman–Crippen LogP) is 4.66. The van der Waals surface area contributed by atoms with Crippen molar-refractivity contribution in [1.29, 1.82) is 0 Å². The van der Waals surface area contributed by atoms with Crippen molar-refractivity contribution < 1.29 is 23.1 Å². The summed E-state index contributed by atoms with van der Waals surface area (Å²) in [5.41, 5.74) is 1.96. The minimum Gasteiger partial charge on any atom is -0.390 e. The zero-order chi connectivity index (χ0) is 24.2. The van der Waals surface area contributed by atoms with E-state index in [2.05, 4.69) is 10.2 Å². The zero-order valence-corrected chi connectivity index (χ0v) is 21.4. The fraction of sp³-hybridized carbons (Fsp3) is 0.350. The summed E-state index contributed by atoms with van der Waals surface area (Å²) in [4.78, 5) is 13.0. The van der Waals surface area contributed by atoms with Gasteiger partial charge in [-0.15, -0.1) is 0 Å². The molecule has 178 valence electrons. The third-order valence-corrected chi connectivity index (χ3v) is 7.26. The summed E-state index contributed by atoms with van der Waals surface area (Å²) in [5.74, 6) is 0. The number of rotatable bonds is 8. The lowest BCUT2D eigenvalue weighted by Gasteiger charge is -2.31. The maximum Gasteiger partial charge on any atom is 0.416 e. The summed E-state index contributed by atoms with van der Waals surface area (Å²) < 4.78 is 43.1. The van der Waals surface area contributed by atoms with E-state index in [0.717, 1.165) is 17.3 Å². The number of aliphatic hydroxyl groups is 1. The number of hydrazone groups is 1. The number of aromatic nitrogens is 2. The molecule has 2 aromatic rings. The third kappa shape index (κ3) is 6.06. The van der Waals surface area contributed by atoms with E-state index in [-0.39, 0.29) is 25.1 Å². The molecule has 1 aromatic carbocycles. The van der Waals surface area contributed by atoms with E-state index in [9.17, 15) is 23.1 Å². The summed E-state index contributed by atoms with van der Waals surface area (Å²) in [6.07, 6.45) is -1.72. The number of fused-ring (bicyclic) bond motifs is 1. The van der Waals surface area contributed by atoms with Gasteiger partial charge in [0.05, 0.1) is 42.7 Å². The standard InChI is InChI=1S/C20H21ClF3IN5O2P/c1-13(21)19(8-26-30(12-32)33-25)28-7-6-18-15(10-28)17(11-31)27-29(18)9-14-4-2-3-5-16(14)20(22,23)24/h2-5,8,12,31,33H,6-7,9-11H2,1H3/b19-13-,26-8-. The van der Waals surface area contributed by atoms with E-state index in [1.807, 2.05) is 26.9 Å². The van der Waals surface area contributed by atoms with Crippen LogP contribution in [0.25, 0.3) is 0 Å². The molecular weight excluding hydrogens is 593 g/mol. The maximum absolute atomic E-state index is 13.4. The second-order valence-corrected chi connectivity index (χ2v) is 9.85. The van der Waals surface area contributed by atoms with Crippen LogP contribution in [0.5, 0.6) is 0 Å². The van der Waals surface area contributed by atoms with Gasteiger partial charge in [0, 0.05) is 35.8 Å². The molecule has 1 amide bonds. The molecule has 1 atom stereocenters. The minimum absolute atomic E-state index is 0.0540. The average molecular weight is 614 g/mol. The Morgan fingerprint density at radius 1 is 1.42 bits per heavy atom. The Kier molecular flexibility index (Phi) is 8.76. The van der Waals surface area contributed by atoms with Gasteiger partial charge in [-0.2, -0.15) is 23.4 Å². The lowest BCUT2D eigenvalue weighted by atomic mass is 10.0. The number of aliphatic hydroxyl groups excluding tert-OH is 1. The maximum atomic E-state index is 13.4. The molecule has 2 heterocycles. The molecule has 33 heavy (non-hydrogen) atoms. The topological polar surface area (TPSA) is 74.0 Å². The van der Waals surface area contributed by atoms with Crippen LogP contribution in [0.2, 0.25) is 0 Å². The zero-order valence-electron chi connectivity index (χ0n) is 17.5. The highest BCUT2D eigenvalue weighted by Gasteiger charge is 2.33. The largest absolute Gasteiger partial charge is 0.416 e. The van der Waals surface area contributed by atoms with Crippen LogP contribution in [-0.2, 0) is 37.1 Å². The van der Waals surface area contributed by atoms with Crippen LogP contribution in [0.3, 0.4) is 0 Å². The molecule has 1 unspecified atom stereocenters. The molecule has 1 aliphatic rings. The number of nitrogens with zero attached hydrogens (tertiary/aromatic N) is 5. The molecule has 7 nitrogen and oxygen atoms in total. The van der Waals surface area contributed by atoms with Gasteiger partial charge in [-0.25, -0.2) is 4.78 Å². The SMILES string of the molecule is C/C(Cl)=C(\C=N/N(C=O)PI)N1CCc2c(c(CO)nn2Cc2ccccc2C(F)(F)F)C1. The Morgan fingerprint density at radius 2 is 2.15 bits per heavy atom. The molecule has 1 aromatic heterocycles. The fourth-order valence-corrected chi connectivity index (χ4v) is 4.72. The smallest absolute Gasteiger partial charge is 0.390 e. The molecule has 0 aliphatic carbocycles. The summed E-state index contributed by atoms with van der Waals surface area (Å²) in [5, 5.41) is 18.9. The number of hydrogen-bond donors (Lipinski definition) is 1. The second kappa shape index (κ2) is 11.2. The van der Waals surface area contributed by atoms with Gasteiger partial charge < -0.3 is 10.0 Å². The first-order valence-electron chi connectivity index (χ1n) is 9.79.